The number of nitrogens with one attached hydrogen (secondary N) is 1. The Hall–Kier alpha value is -2.89. The molecule has 0 aliphatic carbocycles. The van der Waals surface area contributed by atoms with Gasteiger partial charge in [-0.25, -0.2) is 9.18 Å². The number of urea groups is 1. The molecule has 0 bridgehead atoms. The van der Waals surface area contributed by atoms with Gasteiger partial charge in [-0.15, -0.1) is 0 Å². The molecule has 0 radical (unpaired) electrons. The third kappa shape index (κ3) is 4.84. The smallest absolute Gasteiger partial charge is 0.322 e. The summed E-state index contributed by atoms with van der Waals surface area (Å²) in [6.07, 6.45) is 1.98. The molecule has 6 heteroatoms. The van der Waals surface area contributed by atoms with Gasteiger partial charge in [0.25, 0.3) is 0 Å². The van der Waals surface area contributed by atoms with E-state index in [9.17, 15) is 14.0 Å². The third-order valence-corrected chi connectivity index (χ3v) is 4.63. The van der Waals surface area contributed by atoms with Crippen LogP contribution in [-0.2, 0) is 16.0 Å². The zero-order valence-corrected chi connectivity index (χ0v) is 15.3. The van der Waals surface area contributed by atoms with Crippen LogP contribution in [0.15, 0.2) is 48.5 Å². The second-order valence-corrected chi connectivity index (χ2v) is 6.51. The number of carbonyl (C=O) groups is 2. The van der Waals surface area contributed by atoms with Gasteiger partial charge in [0.1, 0.15) is 5.82 Å². The maximum absolute atomic E-state index is 13.1. The molecule has 1 saturated heterocycles. The zero-order chi connectivity index (χ0) is 19.2. The fourth-order valence-electron chi connectivity index (χ4n) is 3.32. The summed E-state index contributed by atoms with van der Waals surface area (Å²) in [6.45, 7) is 2.79. The lowest BCUT2D eigenvalue weighted by Crippen LogP contribution is -2.34. The van der Waals surface area contributed by atoms with Crippen molar-refractivity contribution in [3.05, 3.63) is 65.5 Å². The molecule has 0 saturated carbocycles. The number of halogens is 1. The van der Waals surface area contributed by atoms with E-state index >= 15 is 0 Å². The number of ether oxygens (including phenoxy) is 1. The highest BCUT2D eigenvalue weighted by Gasteiger charge is 2.30. The van der Waals surface area contributed by atoms with Gasteiger partial charge < -0.3 is 15.0 Å². The fourth-order valence-corrected chi connectivity index (χ4v) is 3.32. The van der Waals surface area contributed by atoms with E-state index in [4.69, 9.17) is 4.74 Å². The first-order valence-electron chi connectivity index (χ1n) is 9.14. The van der Waals surface area contributed by atoms with E-state index in [-0.39, 0.29) is 30.3 Å². The third-order valence-electron chi connectivity index (χ3n) is 4.63. The molecule has 0 aromatic heterocycles. The number of benzene rings is 2. The molecule has 2 aromatic carbocycles. The normalized spacial score (nSPS) is 16.2. The van der Waals surface area contributed by atoms with Crippen LogP contribution in [0, 0.1) is 5.82 Å². The summed E-state index contributed by atoms with van der Waals surface area (Å²) in [6, 6.07) is 13.2. The van der Waals surface area contributed by atoms with Gasteiger partial charge in [0.15, 0.2) is 0 Å². The van der Waals surface area contributed by atoms with Crippen LogP contribution in [0.2, 0.25) is 0 Å². The number of anilines is 1. The van der Waals surface area contributed by atoms with Crippen molar-refractivity contribution in [3.63, 3.8) is 0 Å². The van der Waals surface area contributed by atoms with E-state index < -0.39 is 0 Å². The van der Waals surface area contributed by atoms with Gasteiger partial charge in [-0.05, 0) is 55.2 Å². The second-order valence-electron chi connectivity index (χ2n) is 6.51. The summed E-state index contributed by atoms with van der Waals surface area (Å²) in [5, 5.41) is 2.90. The van der Waals surface area contributed by atoms with Gasteiger partial charge in [0, 0.05) is 12.2 Å². The fraction of sp³-hybridized carbons (Fsp3) is 0.333. The lowest BCUT2D eigenvalue weighted by Gasteiger charge is -2.25. The molecule has 1 aliphatic heterocycles. The standard InChI is InChI=1S/C21H23FN2O3/c1-2-27-20(25)14-15-5-11-18(12-6-15)23-21(26)24-13-3-4-19(24)16-7-9-17(22)10-8-16/h5-12,19H,2-4,13-14H2,1H3,(H,23,26). The van der Waals surface area contributed by atoms with E-state index in [1.165, 1.54) is 12.1 Å². The Kier molecular flexibility index (Phi) is 6.06. The molecule has 3 rings (SSSR count). The molecular weight excluding hydrogens is 347 g/mol. The Bertz CT molecular complexity index is 790. The molecule has 1 fully saturated rings. The molecule has 1 unspecified atom stereocenters. The number of rotatable bonds is 5. The molecule has 1 heterocycles. The van der Waals surface area contributed by atoms with Crippen molar-refractivity contribution in [2.75, 3.05) is 18.5 Å². The largest absolute Gasteiger partial charge is 0.466 e. The topological polar surface area (TPSA) is 58.6 Å². The van der Waals surface area contributed by atoms with Crippen molar-refractivity contribution in [3.8, 4) is 0 Å². The van der Waals surface area contributed by atoms with E-state index in [1.54, 1.807) is 48.2 Å². The highest BCUT2D eigenvalue weighted by Crippen LogP contribution is 2.32. The summed E-state index contributed by atoms with van der Waals surface area (Å²) in [4.78, 5) is 26.0. The van der Waals surface area contributed by atoms with Crippen molar-refractivity contribution in [2.45, 2.75) is 32.2 Å². The Morgan fingerprint density at radius 1 is 1.15 bits per heavy atom. The Morgan fingerprint density at radius 3 is 2.52 bits per heavy atom. The Labute approximate surface area is 158 Å². The molecular formula is C21H23FN2O3. The van der Waals surface area contributed by atoms with Gasteiger partial charge in [-0.3, -0.25) is 4.79 Å². The lowest BCUT2D eigenvalue weighted by molar-refractivity contribution is -0.142. The van der Waals surface area contributed by atoms with Crippen LogP contribution in [0.1, 0.15) is 36.9 Å². The van der Waals surface area contributed by atoms with Crippen LogP contribution in [0.5, 0.6) is 0 Å². The summed E-state index contributed by atoms with van der Waals surface area (Å²) in [5.41, 5.74) is 2.43. The molecule has 5 nitrogen and oxygen atoms in total. The first-order valence-corrected chi connectivity index (χ1v) is 9.14. The first kappa shape index (κ1) is 18.9. The SMILES string of the molecule is CCOC(=O)Cc1ccc(NC(=O)N2CCCC2c2ccc(F)cc2)cc1. The molecule has 2 aromatic rings. The van der Waals surface area contributed by atoms with Crippen molar-refractivity contribution >= 4 is 17.7 Å². The number of carbonyl (C=O) groups excluding carboxylic acids is 2. The number of nitrogens with zero attached hydrogens (tertiary/aromatic N) is 1. The average molecular weight is 370 g/mol. The maximum Gasteiger partial charge on any atom is 0.322 e. The first-order chi connectivity index (χ1) is 13.1. The lowest BCUT2D eigenvalue weighted by atomic mass is 10.0. The molecule has 1 aliphatic rings. The van der Waals surface area contributed by atoms with Gasteiger partial charge in [0.2, 0.25) is 0 Å². The van der Waals surface area contributed by atoms with Crippen LogP contribution in [-0.4, -0.2) is 30.1 Å². The van der Waals surface area contributed by atoms with E-state index in [0.717, 1.165) is 24.0 Å². The Balaban J connectivity index is 1.62. The predicted octanol–water partition coefficient (Wildman–Crippen LogP) is 4.30. The zero-order valence-electron chi connectivity index (χ0n) is 15.3. The number of amides is 2. The molecule has 0 spiro atoms. The highest BCUT2D eigenvalue weighted by molar-refractivity contribution is 5.90. The molecule has 1 atom stereocenters. The van der Waals surface area contributed by atoms with Crippen molar-refractivity contribution < 1.29 is 18.7 Å². The highest BCUT2D eigenvalue weighted by atomic mass is 19.1. The molecule has 27 heavy (non-hydrogen) atoms. The second kappa shape index (κ2) is 8.66. The van der Waals surface area contributed by atoms with Gasteiger partial charge in [-0.2, -0.15) is 0 Å². The number of hydrogen-bond donors (Lipinski definition) is 1. The van der Waals surface area contributed by atoms with Crippen molar-refractivity contribution in [1.82, 2.24) is 4.90 Å². The van der Waals surface area contributed by atoms with E-state index in [0.29, 0.717) is 18.8 Å². The summed E-state index contributed by atoms with van der Waals surface area (Å²) in [7, 11) is 0. The summed E-state index contributed by atoms with van der Waals surface area (Å²) in [5.74, 6) is -0.552. The Morgan fingerprint density at radius 2 is 1.85 bits per heavy atom. The van der Waals surface area contributed by atoms with Crippen LogP contribution < -0.4 is 5.32 Å². The summed E-state index contributed by atoms with van der Waals surface area (Å²) < 4.78 is 18.1. The summed E-state index contributed by atoms with van der Waals surface area (Å²) >= 11 is 0. The van der Waals surface area contributed by atoms with Gasteiger partial charge in [0.05, 0.1) is 19.1 Å². The maximum atomic E-state index is 13.1. The van der Waals surface area contributed by atoms with Crippen LogP contribution in [0.3, 0.4) is 0 Å². The van der Waals surface area contributed by atoms with Crippen molar-refractivity contribution in [1.29, 1.82) is 0 Å². The predicted molar refractivity (Wildman–Crippen MR) is 101 cm³/mol. The average Bonchev–Trinajstić information content (AvgIpc) is 3.14. The van der Waals surface area contributed by atoms with Crippen molar-refractivity contribution in [2.24, 2.45) is 0 Å². The van der Waals surface area contributed by atoms with Crippen LogP contribution in [0.4, 0.5) is 14.9 Å². The minimum atomic E-state index is -0.282. The minimum absolute atomic E-state index is 0.0475. The minimum Gasteiger partial charge on any atom is -0.466 e. The monoisotopic (exact) mass is 370 g/mol. The number of likely N-dealkylation sites (tertiary alicyclic amines) is 1. The quantitative estimate of drug-likeness (QED) is 0.799. The van der Waals surface area contributed by atoms with Gasteiger partial charge >= 0.3 is 12.0 Å². The number of hydrogen-bond acceptors (Lipinski definition) is 3. The van der Waals surface area contributed by atoms with Gasteiger partial charge in [-0.1, -0.05) is 24.3 Å². The van der Waals surface area contributed by atoms with E-state index in [2.05, 4.69) is 5.32 Å². The molecule has 1 N–H and O–H groups in total. The number of esters is 1. The van der Waals surface area contributed by atoms with E-state index in [1.807, 2.05) is 0 Å². The molecule has 142 valence electrons. The van der Waals surface area contributed by atoms with Crippen LogP contribution >= 0.6 is 0 Å². The molecule has 2 amide bonds. The van der Waals surface area contributed by atoms with Crippen LogP contribution in [0.25, 0.3) is 0 Å².